The second-order valence-corrected chi connectivity index (χ2v) is 7.76. The normalized spacial score (nSPS) is 13.8. The number of ether oxygens (including phenoxy) is 2. The summed E-state index contributed by atoms with van der Waals surface area (Å²) in [6.07, 6.45) is 0. The molecular weight excluding hydrogens is 395 g/mol. The number of hydrogen-bond donors (Lipinski definition) is 1. The number of amides is 1. The van der Waals surface area contributed by atoms with Crippen molar-refractivity contribution in [2.75, 3.05) is 18.5 Å². The number of anilines is 1. The molecule has 1 N–H and O–H groups in total. The van der Waals surface area contributed by atoms with Crippen molar-refractivity contribution < 1.29 is 18.7 Å². The average molecular weight is 414 g/mol. The molecule has 4 rings (SSSR count). The number of aromatic nitrogens is 3. The molecule has 2 aromatic carbocycles. The van der Waals surface area contributed by atoms with Crippen LogP contribution in [-0.2, 0) is 11.8 Å². The van der Waals surface area contributed by atoms with Crippen molar-refractivity contribution in [3.63, 3.8) is 0 Å². The average Bonchev–Trinajstić information content (AvgIpc) is 3.08. The first-order valence-electron chi connectivity index (χ1n) is 9.04. The first-order valence-corrected chi connectivity index (χ1v) is 9.92. The van der Waals surface area contributed by atoms with E-state index >= 15 is 0 Å². The van der Waals surface area contributed by atoms with Crippen LogP contribution in [-0.4, -0.2) is 39.1 Å². The summed E-state index contributed by atoms with van der Waals surface area (Å²) in [6, 6.07) is 11.7. The van der Waals surface area contributed by atoms with Gasteiger partial charge in [0.15, 0.2) is 22.5 Å². The van der Waals surface area contributed by atoms with Crippen LogP contribution in [0.5, 0.6) is 11.5 Å². The van der Waals surface area contributed by atoms with Crippen LogP contribution in [0.2, 0.25) is 0 Å². The van der Waals surface area contributed by atoms with Gasteiger partial charge in [-0.25, -0.2) is 4.39 Å². The Hall–Kier alpha value is -3.07. The SMILES string of the molecule is C[C@@H](Sc1nnc(-c2ccccc2F)n1C)C(=O)Nc1ccc2c(c1)OCCO2. The van der Waals surface area contributed by atoms with Gasteiger partial charge < -0.3 is 19.4 Å². The Morgan fingerprint density at radius 1 is 1.17 bits per heavy atom. The van der Waals surface area contributed by atoms with Gasteiger partial charge in [0.05, 0.1) is 10.8 Å². The second-order valence-electron chi connectivity index (χ2n) is 6.45. The smallest absolute Gasteiger partial charge is 0.237 e. The van der Waals surface area contributed by atoms with Gasteiger partial charge in [-0.3, -0.25) is 4.79 Å². The monoisotopic (exact) mass is 414 g/mol. The molecule has 150 valence electrons. The van der Waals surface area contributed by atoms with Gasteiger partial charge in [-0.05, 0) is 31.2 Å². The third-order valence-electron chi connectivity index (χ3n) is 4.41. The molecule has 0 radical (unpaired) electrons. The Balaban J connectivity index is 1.45. The fourth-order valence-electron chi connectivity index (χ4n) is 2.87. The van der Waals surface area contributed by atoms with E-state index in [-0.39, 0.29) is 11.7 Å². The molecule has 0 spiro atoms. The molecule has 7 nitrogen and oxygen atoms in total. The van der Waals surface area contributed by atoms with Crippen LogP contribution in [0.15, 0.2) is 47.6 Å². The third-order valence-corrected chi connectivity index (χ3v) is 5.54. The summed E-state index contributed by atoms with van der Waals surface area (Å²) in [4.78, 5) is 12.6. The lowest BCUT2D eigenvalue weighted by Crippen LogP contribution is -2.23. The number of benzene rings is 2. The standard InChI is InChI=1S/C20H19FN4O3S/c1-12(19(26)22-13-7-8-16-17(11-13)28-10-9-27-16)29-20-24-23-18(25(20)2)14-5-3-4-6-15(14)21/h3-8,11-12H,9-10H2,1-2H3,(H,22,26)/t12-/m1/s1. The topological polar surface area (TPSA) is 78.3 Å². The molecule has 1 amide bonds. The molecule has 9 heteroatoms. The van der Waals surface area contributed by atoms with Crippen molar-refractivity contribution in [3.8, 4) is 22.9 Å². The van der Waals surface area contributed by atoms with E-state index in [0.29, 0.717) is 46.9 Å². The zero-order valence-corrected chi connectivity index (χ0v) is 16.7. The summed E-state index contributed by atoms with van der Waals surface area (Å²) >= 11 is 1.25. The van der Waals surface area contributed by atoms with E-state index < -0.39 is 5.25 Å². The highest BCUT2D eigenvalue weighted by atomic mass is 32.2. The first-order chi connectivity index (χ1) is 14.0. The van der Waals surface area contributed by atoms with Gasteiger partial charge in [0.2, 0.25) is 5.91 Å². The number of nitrogens with zero attached hydrogens (tertiary/aromatic N) is 3. The number of thioether (sulfide) groups is 1. The molecule has 3 aromatic rings. The van der Waals surface area contributed by atoms with E-state index in [1.54, 1.807) is 54.9 Å². The lowest BCUT2D eigenvalue weighted by molar-refractivity contribution is -0.115. The molecular formula is C20H19FN4O3S. The van der Waals surface area contributed by atoms with Crippen LogP contribution in [0.4, 0.5) is 10.1 Å². The van der Waals surface area contributed by atoms with Crippen LogP contribution in [0.25, 0.3) is 11.4 Å². The van der Waals surface area contributed by atoms with E-state index in [4.69, 9.17) is 9.47 Å². The Bertz CT molecular complexity index is 1060. The Labute approximate surface area is 171 Å². The van der Waals surface area contributed by atoms with Gasteiger partial charge in [-0.15, -0.1) is 10.2 Å². The number of nitrogens with one attached hydrogen (secondary N) is 1. The lowest BCUT2D eigenvalue weighted by atomic mass is 10.2. The number of fused-ring (bicyclic) bond motifs is 1. The molecule has 0 aliphatic carbocycles. The summed E-state index contributed by atoms with van der Waals surface area (Å²) in [5, 5.41) is 11.1. The Kier molecular flexibility index (Phi) is 5.39. The molecule has 0 saturated heterocycles. The summed E-state index contributed by atoms with van der Waals surface area (Å²) in [5.41, 5.74) is 0.986. The van der Waals surface area contributed by atoms with Crippen LogP contribution in [0.1, 0.15) is 6.92 Å². The van der Waals surface area contributed by atoms with Crippen LogP contribution in [0.3, 0.4) is 0 Å². The number of hydrogen-bond acceptors (Lipinski definition) is 6. The van der Waals surface area contributed by atoms with Crippen molar-refractivity contribution in [2.24, 2.45) is 7.05 Å². The maximum atomic E-state index is 14.0. The maximum absolute atomic E-state index is 14.0. The predicted molar refractivity (Wildman–Crippen MR) is 108 cm³/mol. The molecule has 0 unspecified atom stereocenters. The zero-order chi connectivity index (χ0) is 20.4. The van der Waals surface area contributed by atoms with E-state index in [2.05, 4.69) is 15.5 Å². The lowest BCUT2D eigenvalue weighted by Gasteiger charge is -2.19. The molecule has 0 bridgehead atoms. The van der Waals surface area contributed by atoms with E-state index in [9.17, 15) is 9.18 Å². The molecule has 29 heavy (non-hydrogen) atoms. The van der Waals surface area contributed by atoms with Crippen molar-refractivity contribution in [2.45, 2.75) is 17.3 Å². The maximum Gasteiger partial charge on any atom is 0.237 e. The largest absolute Gasteiger partial charge is 0.486 e. The van der Waals surface area contributed by atoms with Gasteiger partial charge in [0.25, 0.3) is 0 Å². The minimum absolute atomic E-state index is 0.192. The van der Waals surface area contributed by atoms with Crippen LogP contribution in [0, 0.1) is 5.82 Å². The van der Waals surface area contributed by atoms with Crippen molar-refractivity contribution in [1.29, 1.82) is 0 Å². The van der Waals surface area contributed by atoms with Gasteiger partial charge in [0, 0.05) is 18.8 Å². The van der Waals surface area contributed by atoms with Crippen molar-refractivity contribution in [1.82, 2.24) is 14.8 Å². The fourth-order valence-corrected chi connectivity index (χ4v) is 3.69. The van der Waals surface area contributed by atoms with Crippen molar-refractivity contribution >= 4 is 23.4 Å². The summed E-state index contributed by atoms with van der Waals surface area (Å²) < 4.78 is 26.7. The number of carbonyl (C=O) groups is 1. The molecule has 1 aromatic heterocycles. The highest BCUT2D eigenvalue weighted by Crippen LogP contribution is 2.33. The van der Waals surface area contributed by atoms with Crippen molar-refractivity contribution in [3.05, 3.63) is 48.3 Å². The van der Waals surface area contributed by atoms with Gasteiger partial charge >= 0.3 is 0 Å². The van der Waals surface area contributed by atoms with Gasteiger partial charge in [-0.2, -0.15) is 0 Å². The Morgan fingerprint density at radius 2 is 1.93 bits per heavy atom. The predicted octanol–water partition coefficient (Wildman–Crippen LogP) is 3.51. The minimum Gasteiger partial charge on any atom is -0.486 e. The highest BCUT2D eigenvalue weighted by Gasteiger charge is 2.21. The molecule has 0 saturated carbocycles. The quantitative estimate of drug-likeness (QED) is 0.644. The zero-order valence-electron chi connectivity index (χ0n) is 15.9. The third kappa shape index (κ3) is 4.04. The van der Waals surface area contributed by atoms with Gasteiger partial charge in [0.1, 0.15) is 19.0 Å². The number of rotatable bonds is 5. The summed E-state index contributed by atoms with van der Waals surface area (Å²) in [6.45, 7) is 2.77. The second kappa shape index (κ2) is 8.12. The van der Waals surface area contributed by atoms with Crippen LogP contribution >= 0.6 is 11.8 Å². The van der Waals surface area contributed by atoms with Gasteiger partial charge in [-0.1, -0.05) is 23.9 Å². The fraction of sp³-hybridized carbons (Fsp3) is 0.250. The summed E-state index contributed by atoms with van der Waals surface area (Å²) in [7, 11) is 1.75. The molecule has 1 aliphatic heterocycles. The molecule has 2 heterocycles. The number of halogens is 1. The van der Waals surface area contributed by atoms with E-state index in [1.165, 1.54) is 17.8 Å². The molecule has 0 fully saturated rings. The molecule has 1 aliphatic rings. The molecule has 1 atom stereocenters. The minimum atomic E-state index is -0.445. The van der Waals surface area contributed by atoms with Crippen LogP contribution < -0.4 is 14.8 Å². The first kappa shape index (κ1) is 19.3. The summed E-state index contributed by atoms with van der Waals surface area (Å²) in [5.74, 6) is 1.12. The Morgan fingerprint density at radius 3 is 2.72 bits per heavy atom. The number of carbonyl (C=O) groups excluding carboxylic acids is 1. The van der Waals surface area contributed by atoms with E-state index in [0.717, 1.165) is 0 Å². The van der Waals surface area contributed by atoms with E-state index in [1.807, 2.05) is 0 Å². The highest BCUT2D eigenvalue weighted by molar-refractivity contribution is 8.00.